The Bertz CT molecular complexity index is 683. The van der Waals surface area contributed by atoms with Gasteiger partial charge in [-0.2, -0.15) is 0 Å². The first-order chi connectivity index (χ1) is 9.56. The summed E-state index contributed by atoms with van der Waals surface area (Å²) in [5.74, 6) is -1.43. The summed E-state index contributed by atoms with van der Waals surface area (Å²) in [4.78, 5) is 24.9. The highest BCUT2D eigenvalue weighted by Crippen LogP contribution is 2.21. The standard InChI is InChI=1S/C12H12N4O4/c13-7-4-10(12(18)19)16(5-7)11(17)6-1-2-8-9(3-6)15-20-14-8/h1-3,7,10H,4-5,13H2,(H,18,19)/t7-,10-/m0/s1. The number of fused-ring (bicyclic) bond motifs is 1. The van der Waals surface area contributed by atoms with E-state index in [1.807, 2.05) is 0 Å². The second-order valence-electron chi connectivity index (χ2n) is 4.78. The van der Waals surface area contributed by atoms with Crippen LogP contribution in [0.1, 0.15) is 16.8 Å². The lowest BCUT2D eigenvalue weighted by Crippen LogP contribution is -2.40. The second-order valence-corrected chi connectivity index (χ2v) is 4.78. The number of nitrogens with two attached hydrogens (primary N) is 1. The minimum Gasteiger partial charge on any atom is -0.480 e. The predicted octanol–water partition coefficient (Wildman–Crippen LogP) is -0.151. The second kappa shape index (κ2) is 4.57. The van der Waals surface area contributed by atoms with E-state index in [0.29, 0.717) is 16.6 Å². The number of benzene rings is 1. The molecule has 1 aliphatic heterocycles. The maximum atomic E-state index is 12.4. The van der Waals surface area contributed by atoms with Crippen LogP contribution in [0.5, 0.6) is 0 Å². The Morgan fingerprint density at radius 2 is 2.10 bits per heavy atom. The van der Waals surface area contributed by atoms with Crippen molar-refractivity contribution >= 4 is 22.9 Å². The van der Waals surface area contributed by atoms with Gasteiger partial charge in [-0.1, -0.05) is 0 Å². The van der Waals surface area contributed by atoms with Crippen molar-refractivity contribution in [1.29, 1.82) is 0 Å². The molecule has 3 rings (SSSR count). The highest BCUT2D eigenvalue weighted by Gasteiger charge is 2.38. The summed E-state index contributed by atoms with van der Waals surface area (Å²) < 4.78 is 4.56. The number of hydrogen-bond acceptors (Lipinski definition) is 6. The van der Waals surface area contributed by atoms with E-state index in [4.69, 9.17) is 10.8 Å². The van der Waals surface area contributed by atoms with Crippen LogP contribution in [0.3, 0.4) is 0 Å². The van der Waals surface area contributed by atoms with Gasteiger partial charge in [-0.3, -0.25) is 4.79 Å². The Hall–Kier alpha value is -2.48. The van der Waals surface area contributed by atoms with Crippen LogP contribution in [-0.2, 0) is 4.79 Å². The molecule has 0 unspecified atom stereocenters. The summed E-state index contributed by atoms with van der Waals surface area (Å²) in [6, 6.07) is 3.49. The SMILES string of the molecule is N[C@H]1C[C@@H](C(=O)O)N(C(=O)c2ccc3nonc3c2)C1. The maximum Gasteiger partial charge on any atom is 0.326 e. The van der Waals surface area contributed by atoms with E-state index < -0.39 is 12.0 Å². The monoisotopic (exact) mass is 276 g/mol. The topological polar surface area (TPSA) is 123 Å². The Kier molecular flexibility index (Phi) is 2.87. The fraction of sp³-hybridized carbons (Fsp3) is 0.333. The zero-order valence-electron chi connectivity index (χ0n) is 10.4. The predicted molar refractivity (Wildman–Crippen MR) is 66.9 cm³/mol. The number of hydrogen-bond donors (Lipinski definition) is 2. The van der Waals surface area contributed by atoms with Crippen LogP contribution in [0.15, 0.2) is 22.8 Å². The molecule has 2 heterocycles. The third kappa shape index (κ3) is 1.99. The lowest BCUT2D eigenvalue weighted by atomic mass is 10.1. The van der Waals surface area contributed by atoms with Gasteiger partial charge in [-0.25, -0.2) is 9.42 Å². The van der Waals surface area contributed by atoms with Crippen molar-refractivity contribution in [3.63, 3.8) is 0 Å². The van der Waals surface area contributed by atoms with Crippen LogP contribution in [0.2, 0.25) is 0 Å². The molecule has 0 spiro atoms. The summed E-state index contributed by atoms with van der Waals surface area (Å²) in [5, 5.41) is 16.5. The maximum absolute atomic E-state index is 12.4. The molecule has 0 saturated carbocycles. The van der Waals surface area contributed by atoms with E-state index in [1.165, 1.54) is 11.0 Å². The van der Waals surface area contributed by atoms with E-state index in [-0.39, 0.29) is 24.9 Å². The number of carboxylic acids is 1. The highest BCUT2D eigenvalue weighted by atomic mass is 16.6. The summed E-state index contributed by atoms with van der Waals surface area (Å²) in [5.41, 5.74) is 7.08. The fourth-order valence-corrected chi connectivity index (χ4v) is 2.41. The van der Waals surface area contributed by atoms with Gasteiger partial charge in [0, 0.05) is 18.2 Å². The van der Waals surface area contributed by atoms with Crippen molar-refractivity contribution in [2.75, 3.05) is 6.54 Å². The van der Waals surface area contributed by atoms with E-state index in [9.17, 15) is 9.59 Å². The summed E-state index contributed by atoms with van der Waals surface area (Å²) >= 11 is 0. The van der Waals surface area contributed by atoms with Crippen molar-refractivity contribution in [3.8, 4) is 0 Å². The normalized spacial score (nSPS) is 22.4. The molecule has 8 heteroatoms. The van der Waals surface area contributed by atoms with Crippen LogP contribution < -0.4 is 5.73 Å². The first kappa shape index (κ1) is 12.5. The Morgan fingerprint density at radius 1 is 1.35 bits per heavy atom. The summed E-state index contributed by atoms with van der Waals surface area (Å²) in [6.07, 6.45) is 0.259. The fourth-order valence-electron chi connectivity index (χ4n) is 2.41. The van der Waals surface area contributed by atoms with E-state index in [0.717, 1.165) is 0 Å². The zero-order valence-corrected chi connectivity index (χ0v) is 10.4. The van der Waals surface area contributed by atoms with E-state index >= 15 is 0 Å². The van der Waals surface area contributed by atoms with Gasteiger partial charge in [-0.15, -0.1) is 0 Å². The molecule has 0 bridgehead atoms. The number of aliphatic carboxylic acids is 1. The summed E-state index contributed by atoms with van der Waals surface area (Å²) in [7, 11) is 0. The number of carbonyl (C=O) groups excluding carboxylic acids is 1. The average molecular weight is 276 g/mol. The lowest BCUT2D eigenvalue weighted by Gasteiger charge is -2.21. The molecule has 1 aliphatic rings. The van der Waals surface area contributed by atoms with Crippen molar-refractivity contribution in [3.05, 3.63) is 23.8 Å². The van der Waals surface area contributed by atoms with Crippen LogP contribution in [0, 0.1) is 0 Å². The van der Waals surface area contributed by atoms with Gasteiger partial charge in [0.2, 0.25) is 0 Å². The largest absolute Gasteiger partial charge is 0.480 e. The number of carboxylic acid groups (broad SMARTS) is 1. The lowest BCUT2D eigenvalue weighted by molar-refractivity contribution is -0.141. The van der Waals surface area contributed by atoms with Crippen LogP contribution in [0.25, 0.3) is 11.0 Å². The third-order valence-corrected chi connectivity index (χ3v) is 3.38. The molecular formula is C12H12N4O4. The zero-order chi connectivity index (χ0) is 14.3. The Labute approximate surface area is 113 Å². The molecule has 0 radical (unpaired) electrons. The number of aromatic nitrogens is 2. The molecule has 1 saturated heterocycles. The van der Waals surface area contributed by atoms with Crippen molar-refractivity contribution in [2.45, 2.75) is 18.5 Å². The van der Waals surface area contributed by atoms with Crippen molar-refractivity contribution in [2.24, 2.45) is 5.73 Å². The number of rotatable bonds is 2. The molecule has 0 aliphatic carbocycles. The molecule has 1 amide bonds. The van der Waals surface area contributed by atoms with Gasteiger partial charge in [0.25, 0.3) is 5.91 Å². The van der Waals surface area contributed by atoms with Crippen LogP contribution >= 0.6 is 0 Å². The molecule has 8 nitrogen and oxygen atoms in total. The van der Waals surface area contributed by atoms with Crippen molar-refractivity contribution in [1.82, 2.24) is 15.2 Å². The number of nitrogens with zero attached hydrogens (tertiary/aromatic N) is 3. The molecule has 2 atom stereocenters. The number of carbonyl (C=O) groups is 2. The van der Waals surface area contributed by atoms with Gasteiger partial charge < -0.3 is 15.7 Å². The molecule has 20 heavy (non-hydrogen) atoms. The average Bonchev–Trinajstić information content (AvgIpc) is 3.02. The highest BCUT2D eigenvalue weighted by molar-refractivity contribution is 5.99. The van der Waals surface area contributed by atoms with Gasteiger partial charge in [-0.05, 0) is 34.9 Å². The number of likely N-dealkylation sites (tertiary alicyclic amines) is 1. The van der Waals surface area contributed by atoms with E-state index in [2.05, 4.69) is 14.9 Å². The van der Waals surface area contributed by atoms with E-state index in [1.54, 1.807) is 12.1 Å². The minimum absolute atomic E-state index is 0.227. The van der Waals surface area contributed by atoms with Crippen LogP contribution in [0.4, 0.5) is 0 Å². The molecule has 1 aromatic carbocycles. The van der Waals surface area contributed by atoms with Crippen LogP contribution in [-0.4, -0.2) is 50.8 Å². The molecule has 2 aromatic rings. The first-order valence-electron chi connectivity index (χ1n) is 6.08. The molecule has 1 fully saturated rings. The Balaban J connectivity index is 1.92. The van der Waals surface area contributed by atoms with Gasteiger partial charge in [0.05, 0.1) is 0 Å². The first-order valence-corrected chi connectivity index (χ1v) is 6.08. The molecular weight excluding hydrogens is 264 g/mol. The molecule has 1 aromatic heterocycles. The quantitative estimate of drug-likeness (QED) is 0.781. The smallest absolute Gasteiger partial charge is 0.326 e. The van der Waals surface area contributed by atoms with Gasteiger partial charge >= 0.3 is 5.97 Å². The van der Waals surface area contributed by atoms with Gasteiger partial charge in [0.15, 0.2) is 0 Å². The van der Waals surface area contributed by atoms with Gasteiger partial charge in [0.1, 0.15) is 17.1 Å². The minimum atomic E-state index is -1.05. The Morgan fingerprint density at radius 3 is 2.85 bits per heavy atom. The molecule has 104 valence electrons. The van der Waals surface area contributed by atoms with Crippen molar-refractivity contribution < 1.29 is 19.3 Å². The summed E-state index contributed by atoms with van der Waals surface area (Å²) in [6.45, 7) is 0.227. The number of amides is 1. The third-order valence-electron chi connectivity index (χ3n) is 3.38. The molecule has 3 N–H and O–H groups in total.